The topological polar surface area (TPSA) is 69.6 Å². The molecule has 1 aromatic carbocycles. The van der Waals surface area contributed by atoms with E-state index in [-0.39, 0.29) is 18.4 Å². The Balaban J connectivity index is 1.90. The molecule has 0 bridgehead atoms. The van der Waals surface area contributed by atoms with Crippen LogP contribution in [0.3, 0.4) is 0 Å². The van der Waals surface area contributed by atoms with Crippen molar-refractivity contribution in [1.29, 1.82) is 0 Å². The number of nitrogens with one attached hydrogen (secondary N) is 1. The van der Waals surface area contributed by atoms with Gasteiger partial charge in [-0.25, -0.2) is 0 Å². The highest BCUT2D eigenvalue weighted by Crippen LogP contribution is 2.40. The summed E-state index contributed by atoms with van der Waals surface area (Å²) in [5.41, 5.74) is 1.06. The second kappa shape index (κ2) is 4.59. The molecule has 2 unspecified atom stereocenters. The van der Waals surface area contributed by atoms with Crippen LogP contribution in [0.15, 0.2) is 24.3 Å². The summed E-state index contributed by atoms with van der Waals surface area (Å²) in [5.74, 6) is -0.369. The molecule has 5 heteroatoms. The van der Waals surface area contributed by atoms with Crippen molar-refractivity contribution in [3.05, 3.63) is 35.4 Å². The van der Waals surface area contributed by atoms with Gasteiger partial charge in [0, 0.05) is 6.54 Å². The lowest BCUT2D eigenvalue weighted by molar-refractivity contribution is -0.177. The predicted octanol–water partition coefficient (Wildman–Crippen LogP) is 0.347. The lowest BCUT2D eigenvalue weighted by Gasteiger charge is -2.54. The molecule has 1 heterocycles. The number of carbonyl (C=O) groups is 2. The van der Waals surface area contributed by atoms with E-state index in [4.69, 9.17) is 0 Å². The number of aryl methyl sites for hydroxylation is 1. The first-order valence-electron chi connectivity index (χ1n) is 6.86. The summed E-state index contributed by atoms with van der Waals surface area (Å²) in [5, 5.41) is 12.6. The van der Waals surface area contributed by atoms with Gasteiger partial charge in [-0.05, 0) is 25.3 Å². The van der Waals surface area contributed by atoms with Crippen molar-refractivity contribution in [1.82, 2.24) is 10.2 Å². The predicted molar refractivity (Wildman–Crippen MR) is 72.7 cm³/mol. The van der Waals surface area contributed by atoms with Crippen LogP contribution in [0, 0.1) is 6.92 Å². The van der Waals surface area contributed by atoms with Crippen molar-refractivity contribution in [2.45, 2.75) is 38.0 Å². The summed E-state index contributed by atoms with van der Waals surface area (Å²) in [7, 11) is 0. The molecule has 2 aliphatic rings. The van der Waals surface area contributed by atoms with E-state index in [1.54, 1.807) is 4.90 Å². The number of nitrogens with zero attached hydrogens (tertiary/aromatic N) is 1. The first kappa shape index (κ1) is 13.1. The molecule has 2 amide bonds. The fourth-order valence-electron chi connectivity index (χ4n) is 2.98. The Morgan fingerprint density at radius 3 is 2.60 bits per heavy atom. The molecule has 1 saturated heterocycles. The molecule has 1 spiro atoms. The summed E-state index contributed by atoms with van der Waals surface area (Å²) in [6.07, 6.45) is 0.320. The van der Waals surface area contributed by atoms with Gasteiger partial charge in [0.1, 0.15) is 5.54 Å². The molecule has 2 fully saturated rings. The lowest BCUT2D eigenvalue weighted by atomic mass is 9.70. The number of carbonyl (C=O) groups excluding carboxylic acids is 2. The maximum atomic E-state index is 12.2. The Morgan fingerprint density at radius 1 is 1.35 bits per heavy atom. The van der Waals surface area contributed by atoms with Crippen LogP contribution in [-0.4, -0.2) is 40.0 Å². The summed E-state index contributed by atoms with van der Waals surface area (Å²) >= 11 is 0. The second-order valence-corrected chi connectivity index (χ2v) is 5.63. The van der Waals surface area contributed by atoms with E-state index in [0.717, 1.165) is 11.1 Å². The van der Waals surface area contributed by atoms with Gasteiger partial charge in [-0.2, -0.15) is 0 Å². The number of hydrogen-bond acceptors (Lipinski definition) is 3. The Labute approximate surface area is 117 Å². The van der Waals surface area contributed by atoms with Gasteiger partial charge in [-0.3, -0.25) is 9.59 Å². The van der Waals surface area contributed by atoms with Gasteiger partial charge in [0.25, 0.3) is 0 Å². The highest BCUT2D eigenvalue weighted by atomic mass is 16.3. The maximum absolute atomic E-state index is 12.2. The molecule has 2 atom stereocenters. The van der Waals surface area contributed by atoms with Crippen molar-refractivity contribution in [3.63, 3.8) is 0 Å². The van der Waals surface area contributed by atoms with Crippen LogP contribution >= 0.6 is 0 Å². The standard InChI is InChI=1S/C15H18N2O3/c1-10-2-4-11(5-3-10)9-17-13(19)8-16-14(20)15(17)7-6-12(15)18/h2-5,12,18H,6-9H2,1H3,(H,16,20). The average molecular weight is 274 g/mol. The average Bonchev–Trinajstić information content (AvgIpc) is 2.43. The van der Waals surface area contributed by atoms with Crippen molar-refractivity contribution in [2.24, 2.45) is 0 Å². The van der Waals surface area contributed by atoms with E-state index in [2.05, 4.69) is 5.32 Å². The Kier molecular flexibility index (Phi) is 3.01. The molecule has 20 heavy (non-hydrogen) atoms. The smallest absolute Gasteiger partial charge is 0.249 e. The zero-order valence-electron chi connectivity index (χ0n) is 11.4. The molecule has 1 aliphatic heterocycles. The fourth-order valence-corrected chi connectivity index (χ4v) is 2.98. The molecular formula is C15H18N2O3. The van der Waals surface area contributed by atoms with Gasteiger partial charge in [-0.1, -0.05) is 29.8 Å². The number of rotatable bonds is 2. The van der Waals surface area contributed by atoms with Crippen LogP contribution in [-0.2, 0) is 16.1 Å². The Morgan fingerprint density at radius 2 is 2.05 bits per heavy atom. The number of aliphatic hydroxyl groups is 1. The fraction of sp³-hybridized carbons (Fsp3) is 0.467. The van der Waals surface area contributed by atoms with Crippen LogP contribution in [0.25, 0.3) is 0 Å². The maximum Gasteiger partial charge on any atom is 0.249 e. The van der Waals surface area contributed by atoms with Crippen LogP contribution < -0.4 is 5.32 Å². The first-order valence-corrected chi connectivity index (χ1v) is 6.86. The molecule has 0 radical (unpaired) electrons. The zero-order chi connectivity index (χ0) is 14.3. The second-order valence-electron chi connectivity index (χ2n) is 5.63. The van der Waals surface area contributed by atoms with Gasteiger partial charge in [0.15, 0.2) is 0 Å². The minimum absolute atomic E-state index is 0.0131. The van der Waals surface area contributed by atoms with Gasteiger partial charge < -0.3 is 15.3 Å². The highest BCUT2D eigenvalue weighted by Gasteiger charge is 2.59. The highest BCUT2D eigenvalue weighted by molar-refractivity contribution is 5.99. The number of benzene rings is 1. The van der Waals surface area contributed by atoms with Crippen molar-refractivity contribution >= 4 is 11.8 Å². The summed E-state index contributed by atoms with van der Waals surface area (Å²) in [6.45, 7) is 2.38. The minimum atomic E-state index is -1.06. The number of aliphatic hydroxyl groups excluding tert-OH is 1. The number of piperazine rings is 1. The van der Waals surface area contributed by atoms with E-state index in [0.29, 0.717) is 19.4 Å². The molecular weight excluding hydrogens is 256 g/mol. The van der Waals surface area contributed by atoms with Crippen LogP contribution in [0.5, 0.6) is 0 Å². The third-order valence-corrected chi connectivity index (χ3v) is 4.39. The van der Waals surface area contributed by atoms with Crippen molar-refractivity contribution in [2.75, 3.05) is 6.54 Å². The van der Waals surface area contributed by atoms with Crippen LogP contribution in [0.1, 0.15) is 24.0 Å². The molecule has 3 rings (SSSR count). The quantitative estimate of drug-likeness (QED) is 0.817. The minimum Gasteiger partial charge on any atom is -0.390 e. The SMILES string of the molecule is Cc1ccc(CN2C(=O)CNC(=O)C23CCC3O)cc1. The van der Waals surface area contributed by atoms with E-state index in [1.807, 2.05) is 31.2 Å². The van der Waals surface area contributed by atoms with E-state index >= 15 is 0 Å². The number of hydrogen-bond donors (Lipinski definition) is 2. The third kappa shape index (κ3) is 1.81. The van der Waals surface area contributed by atoms with Crippen LogP contribution in [0.2, 0.25) is 0 Å². The zero-order valence-corrected chi connectivity index (χ0v) is 11.4. The number of amides is 2. The molecule has 1 saturated carbocycles. The lowest BCUT2D eigenvalue weighted by Crippen LogP contribution is -2.75. The molecule has 2 N–H and O–H groups in total. The Bertz CT molecular complexity index is 555. The first-order chi connectivity index (χ1) is 9.54. The normalized spacial score (nSPS) is 29.3. The van der Waals surface area contributed by atoms with Crippen molar-refractivity contribution < 1.29 is 14.7 Å². The van der Waals surface area contributed by atoms with E-state index in [1.165, 1.54) is 0 Å². The van der Waals surface area contributed by atoms with Crippen molar-refractivity contribution in [3.8, 4) is 0 Å². The molecule has 0 aromatic heterocycles. The molecule has 1 aliphatic carbocycles. The van der Waals surface area contributed by atoms with E-state index < -0.39 is 11.6 Å². The largest absolute Gasteiger partial charge is 0.390 e. The monoisotopic (exact) mass is 274 g/mol. The van der Waals surface area contributed by atoms with Gasteiger partial charge in [0.2, 0.25) is 11.8 Å². The van der Waals surface area contributed by atoms with Gasteiger partial charge in [0.05, 0.1) is 12.6 Å². The molecule has 1 aromatic rings. The van der Waals surface area contributed by atoms with E-state index in [9.17, 15) is 14.7 Å². The van der Waals surface area contributed by atoms with Gasteiger partial charge >= 0.3 is 0 Å². The van der Waals surface area contributed by atoms with Gasteiger partial charge in [-0.15, -0.1) is 0 Å². The van der Waals surface area contributed by atoms with Crippen LogP contribution in [0.4, 0.5) is 0 Å². The summed E-state index contributed by atoms with van der Waals surface area (Å²) in [6, 6.07) is 7.86. The summed E-state index contributed by atoms with van der Waals surface area (Å²) < 4.78 is 0. The summed E-state index contributed by atoms with van der Waals surface area (Å²) in [4.78, 5) is 25.9. The Hall–Kier alpha value is -1.88. The molecule has 5 nitrogen and oxygen atoms in total. The molecule has 106 valence electrons. The third-order valence-electron chi connectivity index (χ3n) is 4.39.